The second kappa shape index (κ2) is 5.93. The van der Waals surface area contributed by atoms with Crippen LogP contribution < -0.4 is 4.90 Å². The zero-order valence-electron chi connectivity index (χ0n) is 10.3. The first-order valence-corrected chi connectivity index (χ1v) is 7.30. The fourth-order valence-electron chi connectivity index (χ4n) is 2.11. The number of nitrogens with zero attached hydrogens (tertiary/aromatic N) is 2. The Hall–Kier alpha value is -0.740. The van der Waals surface area contributed by atoms with Crippen LogP contribution in [0.3, 0.4) is 0 Å². The molecule has 0 radical (unpaired) electrons. The van der Waals surface area contributed by atoms with Gasteiger partial charge in [-0.1, -0.05) is 33.6 Å². The predicted molar refractivity (Wildman–Crippen MR) is 78.6 cm³/mol. The van der Waals surface area contributed by atoms with E-state index in [4.69, 9.17) is 11.6 Å². The van der Waals surface area contributed by atoms with Gasteiger partial charge in [0.1, 0.15) is 0 Å². The molecule has 0 bridgehead atoms. The first kappa shape index (κ1) is 13.7. The normalized spacial score (nSPS) is 17.7. The van der Waals surface area contributed by atoms with Crippen LogP contribution in [0.2, 0.25) is 5.02 Å². The van der Waals surface area contributed by atoms with E-state index in [1.807, 2.05) is 30.0 Å². The first-order chi connectivity index (χ1) is 8.58. The lowest BCUT2D eigenvalue weighted by Gasteiger charge is -2.36. The van der Waals surface area contributed by atoms with Crippen molar-refractivity contribution in [2.24, 2.45) is 0 Å². The largest absolute Gasteiger partial charge is 0.368 e. The van der Waals surface area contributed by atoms with E-state index in [1.165, 1.54) is 0 Å². The lowest BCUT2D eigenvalue weighted by molar-refractivity contribution is -0.130. The maximum Gasteiger partial charge on any atom is 0.236 e. The van der Waals surface area contributed by atoms with Gasteiger partial charge in [0, 0.05) is 36.9 Å². The van der Waals surface area contributed by atoms with Gasteiger partial charge in [-0.2, -0.15) is 0 Å². The van der Waals surface area contributed by atoms with E-state index >= 15 is 0 Å². The number of hydrogen-bond acceptors (Lipinski definition) is 2. The number of amides is 1. The summed E-state index contributed by atoms with van der Waals surface area (Å²) >= 11 is 9.31. The molecule has 1 aromatic carbocycles. The molecular weight excluding hydrogens is 316 g/mol. The Labute approximate surface area is 121 Å². The Bertz CT molecular complexity index is 431. The number of hydrogen-bond donors (Lipinski definition) is 0. The molecule has 0 aliphatic carbocycles. The van der Waals surface area contributed by atoms with Crippen molar-refractivity contribution >= 4 is 39.1 Å². The van der Waals surface area contributed by atoms with Crippen molar-refractivity contribution < 1.29 is 4.79 Å². The van der Waals surface area contributed by atoms with Crippen LogP contribution in [0.1, 0.15) is 6.92 Å². The molecule has 1 heterocycles. The summed E-state index contributed by atoms with van der Waals surface area (Å²) in [5, 5.41) is 0.750. The molecule has 1 unspecified atom stereocenters. The minimum Gasteiger partial charge on any atom is -0.368 e. The van der Waals surface area contributed by atoms with Crippen molar-refractivity contribution in [3.8, 4) is 0 Å². The predicted octanol–water partition coefficient (Wildman–Crippen LogP) is 2.77. The van der Waals surface area contributed by atoms with Gasteiger partial charge in [-0.3, -0.25) is 4.79 Å². The van der Waals surface area contributed by atoms with Crippen molar-refractivity contribution in [2.45, 2.75) is 11.8 Å². The summed E-state index contributed by atoms with van der Waals surface area (Å²) in [6.45, 7) is 5.10. The summed E-state index contributed by atoms with van der Waals surface area (Å²) in [5.74, 6) is 0.167. The molecule has 1 atom stereocenters. The molecule has 18 heavy (non-hydrogen) atoms. The van der Waals surface area contributed by atoms with E-state index in [0.29, 0.717) is 0 Å². The SMILES string of the molecule is CC(Br)C(=O)N1CCN(c2cccc(Cl)c2)CC1. The Kier molecular flexibility index (Phi) is 4.51. The van der Waals surface area contributed by atoms with E-state index in [2.05, 4.69) is 26.9 Å². The highest BCUT2D eigenvalue weighted by atomic mass is 79.9. The maximum atomic E-state index is 11.8. The molecule has 1 aliphatic rings. The quantitative estimate of drug-likeness (QED) is 0.778. The molecule has 5 heteroatoms. The van der Waals surface area contributed by atoms with Crippen molar-refractivity contribution in [3.05, 3.63) is 29.3 Å². The highest BCUT2D eigenvalue weighted by Crippen LogP contribution is 2.21. The fourth-order valence-corrected chi connectivity index (χ4v) is 2.58. The van der Waals surface area contributed by atoms with Crippen LogP contribution in [0.4, 0.5) is 5.69 Å². The third-order valence-corrected chi connectivity index (χ3v) is 3.73. The smallest absolute Gasteiger partial charge is 0.236 e. The number of anilines is 1. The topological polar surface area (TPSA) is 23.6 Å². The van der Waals surface area contributed by atoms with Crippen molar-refractivity contribution in [2.75, 3.05) is 31.1 Å². The highest BCUT2D eigenvalue weighted by Gasteiger charge is 2.23. The molecule has 0 aromatic heterocycles. The third-order valence-electron chi connectivity index (χ3n) is 3.10. The number of carbonyl (C=O) groups excluding carboxylic acids is 1. The van der Waals surface area contributed by atoms with Crippen LogP contribution in [0.5, 0.6) is 0 Å². The summed E-state index contributed by atoms with van der Waals surface area (Å²) < 4.78 is 0. The molecule has 1 fully saturated rings. The summed E-state index contributed by atoms with van der Waals surface area (Å²) in [6, 6.07) is 7.84. The van der Waals surface area contributed by atoms with Gasteiger partial charge in [0.15, 0.2) is 0 Å². The summed E-state index contributed by atoms with van der Waals surface area (Å²) in [5.41, 5.74) is 1.13. The fraction of sp³-hybridized carbons (Fsp3) is 0.462. The zero-order valence-corrected chi connectivity index (χ0v) is 12.6. The van der Waals surface area contributed by atoms with E-state index < -0.39 is 0 Å². The van der Waals surface area contributed by atoms with Gasteiger partial charge in [0.25, 0.3) is 0 Å². The molecule has 1 aliphatic heterocycles. The average molecular weight is 332 g/mol. The Morgan fingerprint density at radius 2 is 2.00 bits per heavy atom. The number of rotatable bonds is 2. The zero-order chi connectivity index (χ0) is 13.1. The lowest BCUT2D eigenvalue weighted by atomic mass is 10.2. The molecule has 1 amide bonds. The Balaban J connectivity index is 1.96. The van der Waals surface area contributed by atoms with Crippen LogP contribution in [-0.4, -0.2) is 41.8 Å². The molecule has 0 saturated carbocycles. The van der Waals surface area contributed by atoms with Crippen LogP contribution in [0.25, 0.3) is 0 Å². The third kappa shape index (κ3) is 3.18. The first-order valence-electron chi connectivity index (χ1n) is 6.01. The van der Waals surface area contributed by atoms with Crippen molar-refractivity contribution in [3.63, 3.8) is 0 Å². The Morgan fingerprint density at radius 3 is 2.56 bits per heavy atom. The van der Waals surface area contributed by atoms with Crippen LogP contribution in [-0.2, 0) is 4.79 Å². The monoisotopic (exact) mass is 330 g/mol. The minimum atomic E-state index is -0.102. The number of halogens is 2. The van der Waals surface area contributed by atoms with Gasteiger partial charge in [0.05, 0.1) is 4.83 Å². The average Bonchev–Trinajstić information content (AvgIpc) is 2.38. The molecular formula is C13H16BrClN2O. The van der Waals surface area contributed by atoms with E-state index in [9.17, 15) is 4.79 Å². The van der Waals surface area contributed by atoms with Crippen LogP contribution >= 0.6 is 27.5 Å². The number of piperazine rings is 1. The molecule has 1 aromatic rings. The number of carbonyl (C=O) groups is 1. The van der Waals surface area contributed by atoms with Gasteiger partial charge in [-0.05, 0) is 25.1 Å². The van der Waals surface area contributed by atoms with Crippen molar-refractivity contribution in [1.82, 2.24) is 4.90 Å². The van der Waals surface area contributed by atoms with E-state index in [1.54, 1.807) is 0 Å². The van der Waals surface area contributed by atoms with Gasteiger partial charge in [0.2, 0.25) is 5.91 Å². The van der Waals surface area contributed by atoms with Crippen molar-refractivity contribution in [1.29, 1.82) is 0 Å². The van der Waals surface area contributed by atoms with Crippen LogP contribution in [0.15, 0.2) is 24.3 Å². The van der Waals surface area contributed by atoms with E-state index in [-0.39, 0.29) is 10.7 Å². The van der Waals surface area contributed by atoms with E-state index in [0.717, 1.165) is 36.9 Å². The highest BCUT2D eigenvalue weighted by molar-refractivity contribution is 9.10. The molecule has 1 saturated heterocycles. The number of alkyl halides is 1. The van der Waals surface area contributed by atoms with Gasteiger partial charge in [-0.15, -0.1) is 0 Å². The maximum absolute atomic E-state index is 11.8. The van der Waals surface area contributed by atoms with Gasteiger partial charge >= 0.3 is 0 Å². The standard InChI is InChI=1S/C13H16BrClN2O/c1-10(14)13(18)17-7-5-16(6-8-17)12-4-2-3-11(15)9-12/h2-4,9-10H,5-8H2,1H3. The Morgan fingerprint density at radius 1 is 1.33 bits per heavy atom. The number of benzene rings is 1. The molecule has 98 valence electrons. The van der Waals surface area contributed by atoms with Gasteiger partial charge in [-0.25, -0.2) is 0 Å². The summed E-state index contributed by atoms with van der Waals surface area (Å²) in [4.78, 5) is 15.9. The summed E-state index contributed by atoms with van der Waals surface area (Å²) in [6.07, 6.45) is 0. The molecule has 3 nitrogen and oxygen atoms in total. The molecule has 2 rings (SSSR count). The second-order valence-corrected chi connectivity index (χ2v) is 6.22. The molecule has 0 spiro atoms. The van der Waals surface area contributed by atoms with Gasteiger partial charge < -0.3 is 9.80 Å². The minimum absolute atomic E-state index is 0.102. The second-order valence-electron chi connectivity index (χ2n) is 4.41. The molecule has 0 N–H and O–H groups in total. The van der Waals surface area contributed by atoms with Crippen LogP contribution in [0, 0.1) is 0 Å². The lowest BCUT2D eigenvalue weighted by Crippen LogP contribution is -2.50. The summed E-state index contributed by atoms with van der Waals surface area (Å²) in [7, 11) is 0.